The molecular formula is C29H55O8P. The van der Waals surface area contributed by atoms with Crippen molar-refractivity contribution in [3.63, 3.8) is 0 Å². The van der Waals surface area contributed by atoms with Crippen molar-refractivity contribution < 1.29 is 37.9 Å². The molecule has 0 aromatic heterocycles. The molecule has 0 fully saturated rings. The molecule has 0 aromatic carbocycles. The fraction of sp³-hybridized carbons (Fsp3) is 0.862. The summed E-state index contributed by atoms with van der Waals surface area (Å²) in [6.07, 6.45) is 23.8. The lowest BCUT2D eigenvalue weighted by Gasteiger charge is -2.18. The highest BCUT2D eigenvalue weighted by Gasteiger charge is 2.22. The normalized spacial score (nSPS) is 12.6. The smallest absolute Gasteiger partial charge is 0.462 e. The zero-order valence-corrected chi connectivity index (χ0v) is 25.0. The molecule has 0 saturated heterocycles. The van der Waals surface area contributed by atoms with Gasteiger partial charge in [-0.2, -0.15) is 0 Å². The van der Waals surface area contributed by atoms with Gasteiger partial charge >= 0.3 is 19.8 Å². The molecule has 0 amide bonds. The summed E-state index contributed by atoms with van der Waals surface area (Å²) in [5.74, 6) is -0.900. The van der Waals surface area contributed by atoms with E-state index in [-0.39, 0.29) is 19.4 Å². The van der Waals surface area contributed by atoms with Gasteiger partial charge in [0.15, 0.2) is 6.10 Å². The monoisotopic (exact) mass is 562 g/mol. The van der Waals surface area contributed by atoms with E-state index >= 15 is 0 Å². The first-order valence-corrected chi connectivity index (χ1v) is 16.5. The largest absolute Gasteiger partial charge is 0.469 e. The van der Waals surface area contributed by atoms with Gasteiger partial charge in [-0.15, -0.1) is 0 Å². The molecule has 1 atom stereocenters. The van der Waals surface area contributed by atoms with Crippen LogP contribution in [0.5, 0.6) is 0 Å². The van der Waals surface area contributed by atoms with Crippen LogP contribution in [0.15, 0.2) is 12.2 Å². The predicted molar refractivity (Wildman–Crippen MR) is 152 cm³/mol. The zero-order chi connectivity index (χ0) is 28.3. The standard InChI is InChI=1S/C29H55O8P/c1-3-5-7-9-11-13-14-15-16-18-20-22-24-29(31)37-27(26-36-38(32,33)34)25-35-28(30)23-21-19-17-12-10-8-6-4-2/h11,13,27H,3-10,12,14-26H2,1-2H3,(H2,32,33,34)/b13-11+/t27-/m0/s1. The molecule has 2 N–H and O–H groups in total. The summed E-state index contributed by atoms with van der Waals surface area (Å²) in [5.41, 5.74) is 0. The van der Waals surface area contributed by atoms with E-state index in [0.29, 0.717) is 6.42 Å². The lowest BCUT2D eigenvalue weighted by Crippen LogP contribution is -2.29. The van der Waals surface area contributed by atoms with Crippen LogP contribution in [-0.4, -0.2) is 41.0 Å². The van der Waals surface area contributed by atoms with Crippen molar-refractivity contribution in [2.75, 3.05) is 13.2 Å². The van der Waals surface area contributed by atoms with Crippen LogP contribution in [0.3, 0.4) is 0 Å². The highest BCUT2D eigenvalue weighted by Crippen LogP contribution is 2.35. The van der Waals surface area contributed by atoms with Crippen LogP contribution in [-0.2, 0) is 28.2 Å². The highest BCUT2D eigenvalue weighted by atomic mass is 31.2. The minimum atomic E-state index is -4.73. The van der Waals surface area contributed by atoms with E-state index in [2.05, 4.69) is 30.5 Å². The first-order chi connectivity index (χ1) is 18.3. The van der Waals surface area contributed by atoms with E-state index < -0.39 is 32.5 Å². The van der Waals surface area contributed by atoms with E-state index in [4.69, 9.17) is 19.3 Å². The number of unbranched alkanes of at least 4 members (excludes halogenated alkanes) is 15. The second kappa shape index (κ2) is 26.0. The van der Waals surface area contributed by atoms with Crippen LogP contribution in [0.25, 0.3) is 0 Å². The molecule has 0 aromatic rings. The van der Waals surface area contributed by atoms with E-state index in [1.54, 1.807) is 0 Å². The lowest BCUT2D eigenvalue weighted by molar-refractivity contribution is -0.161. The summed E-state index contributed by atoms with van der Waals surface area (Å²) in [7, 11) is -4.73. The van der Waals surface area contributed by atoms with Crippen LogP contribution in [0.1, 0.15) is 142 Å². The second-order valence-electron chi connectivity index (χ2n) is 10.1. The zero-order valence-electron chi connectivity index (χ0n) is 24.1. The van der Waals surface area contributed by atoms with Gasteiger partial charge in [0.2, 0.25) is 0 Å². The first kappa shape index (κ1) is 36.8. The fourth-order valence-electron chi connectivity index (χ4n) is 4.01. The number of allylic oxidation sites excluding steroid dienone is 2. The Morgan fingerprint density at radius 2 is 1.11 bits per heavy atom. The number of carbonyl (C=O) groups excluding carboxylic acids is 2. The third-order valence-corrected chi connectivity index (χ3v) is 6.77. The molecule has 9 heteroatoms. The number of esters is 2. The molecule has 0 aliphatic carbocycles. The van der Waals surface area contributed by atoms with Crippen LogP contribution >= 0.6 is 7.82 Å². The van der Waals surface area contributed by atoms with Gasteiger partial charge in [-0.05, 0) is 38.5 Å². The van der Waals surface area contributed by atoms with Crippen molar-refractivity contribution in [3.05, 3.63) is 12.2 Å². The molecule has 0 aliphatic rings. The number of ether oxygens (including phenoxy) is 2. The van der Waals surface area contributed by atoms with Gasteiger partial charge in [0, 0.05) is 12.8 Å². The van der Waals surface area contributed by atoms with Crippen molar-refractivity contribution in [1.29, 1.82) is 0 Å². The maximum atomic E-state index is 12.2. The molecular weight excluding hydrogens is 507 g/mol. The van der Waals surface area contributed by atoms with Crippen LogP contribution in [0.2, 0.25) is 0 Å². The third kappa shape index (κ3) is 27.8. The van der Waals surface area contributed by atoms with E-state index in [1.165, 1.54) is 51.4 Å². The first-order valence-electron chi connectivity index (χ1n) is 15.0. The lowest BCUT2D eigenvalue weighted by atomic mass is 10.1. The van der Waals surface area contributed by atoms with Gasteiger partial charge in [0.1, 0.15) is 6.61 Å². The minimum absolute atomic E-state index is 0.204. The molecule has 0 unspecified atom stereocenters. The van der Waals surface area contributed by atoms with Gasteiger partial charge in [0.05, 0.1) is 6.61 Å². The Hall–Kier alpha value is -1.21. The number of phosphoric acid groups is 1. The Morgan fingerprint density at radius 3 is 1.66 bits per heavy atom. The summed E-state index contributed by atoms with van der Waals surface area (Å²) in [4.78, 5) is 42.2. The maximum absolute atomic E-state index is 12.2. The number of phosphoric ester groups is 1. The Labute approximate surface area is 231 Å². The number of hydrogen-bond donors (Lipinski definition) is 2. The molecule has 224 valence electrons. The van der Waals surface area contributed by atoms with E-state index in [1.807, 2.05) is 0 Å². The van der Waals surface area contributed by atoms with Crippen LogP contribution in [0, 0.1) is 0 Å². The summed E-state index contributed by atoms with van der Waals surface area (Å²) >= 11 is 0. The molecule has 0 aliphatic heterocycles. The summed E-state index contributed by atoms with van der Waals surface area (Å²) in [5, 5.41) is 0. The second-order valence-corrected chi connectivity index (χ2v) is 11.3. The third-order valence-electron chi connectivity index (χ3n) is 6.28. The van der Waals surface area contributed by atoms with Gasteiger partial charge in [-0.1, -0.05) is 103 Å². The van der Waals surface area contributed by atoms with E-state index in [9.17, 15) is 14.2 Å². The molecule has 0 saturated carbocycles. The summed E-state index contributed by atoms with van der Waals surface area (Å²) < 4.78 is 26.0. The topological polar surface area (TPSA) is 119 Å². The average Bonchev–Trinajstić information content (AvgIpc) is 2.87. The molecule has 38 heavy (non-hydrogen) atoms. The van der Waals surface area contributed by atoms with Crippen molar-refractivity contribution in [1.82, 2.24) is 0 Å². The van der Waals surface area contributed by atoms with Crippen molar-refractivity contribution in [2.45, 2.75) is 148 Å². The number of rotatable bonds is 27. The van der Waals surface area contributed by atoms with Crippen molar-refractivity contribution in [2.24, 2.45) is 0 Å². The van der Waals surface area contributed by atoms with Crippen molar-refractivity contribution >= 4 is 19.8 Å². The van der Waals surface area contributed by atoms with Crippen molar-refractivity contribution in [3.8, 4) is 0 Å². The number of carbonyl (C=O) groups is 2. The Balaban J connectivity index is 4.08. The molecule has 0 heterocycles. The fourth-order valence-corrected chi connectivity index (χ4v) is 4.37. The highest BCUT2D eigenvalue weighted by molar-refractivity contribution is 7.46. The van der Waals surface area contributed by atoms with Crippen LogP contribution < -0.4 is 0 Å². The number of hydrogen-bond acceptors (Lipinski definition) is 6. The maximum Gasteiger partial charge on any atom is 0.469 e. The molecule has 8 nitrogen and oxygen atoms in total. The quantitative estimate of drug-likeness (QED) is 0.0448. The Kier molecular flexibility index (Phi) is 25.2. The van der Waals surface area contributed by atoms with Gasteiger partial charge < -0.3 is 19.3 Å². The molecule has 0 spiro atoms. The Bertz CT molecular complexity index is 646. The van der Waals surface area contributed by atoms with Gasteiger partial charge in [0.25, 0.3) is 0 Å². The van der Waals surface area contributed by atoms with Gasteiger partial charge in [-0.3, -0.25) is 14.1 Å². The minimum Gasteiger partial charge on any atom is -0.462 e. The summed E-state index contributed by atoms with van der Waals surface area (Å²) in [6.45, 7) is 3.58. The summed E-state index contributed by atoms with van der Waals surface area (Å²) in [6, 6.07) is 0. The molecule has 0 rings (SSSR count). The Morgan fingerprint density at radius 1 is 0.658 bits per heavy atom. The van der Waals surface area contributed by atoms with Gasteiger partial charge in [-0.25, -0.2) is 4.57 Å². The molecule has 0 radical (unpaired) electrons. The molecule has 0 bridgehead atoms. The average molecular weight is 563 g/mol. The van der Waals surface area contributed by atoms with Crippen LogP contribution in [0.4, 0.5) is 0 Å². The predicted octanol–water partition coefficient (Wildman–Crippen LogP) is 7.95. The SMILES string of the molecule is CCCCC/C=C/CCCCCCCC(=O)O[C@@H](COC(=O)CCCCCCCCCC)COP(=O)(O)O. The van der Waals surface area contributed by atoms with E-state index in [0.717, 1.165) is 57.8 Å².